The van der Waals surface area contributed by atoms with Crippen molar-refractivity contribution in [3.05, 3.63) is 69.4 Å². The van der Waals surface area contributed by atoms with E-state index in [1.807, 2.05) is 30.5 Å². The highest BCUT2D eigenvalue weighted by Gasteiger charge is 2.09. The number of nitrogens with zero attached hydrogens (tertiary/aromatic N) is 4. The summed E-state index contributed by atoms with van der Waals surface area (Å²) >= 11 is 4.70. The van der Waals surface area contributed by atoms with Crippen molar-refractivity contribution < 1.29 is 4.42 Å². The second kappa shape index (κ2) is 7.05. The third kappa shape index (κ3) is 3.30. The maximum Gasteiger partial charge on any atom is 0.252 e. The molecule has 0 N–H and O–H groups in total. The Balaban J connectivity index is 1.70. The van der Waals surface area contributed by atoms with Gasteiger partial charge in [0.2, 0.25) is 5.89 Å². The molecule has 1 aromatic carbocycles. The van der Waals surface area contributed by atoms with Crippen molar-refractivity contribution in [1.82, 2.24) is 19.5 Å². The molecule has 0 saturated heterocycles. The number of fused-ring (bicyclic) bond motifs is 1. The van der Waals surface area contributed by atoms with Gasteiger partial charge in [0.1, 0.15) is 5.65 Å². The van der Waals surface area contributed by atoms with Crippen LogP contribution in [0.15, 0.2) is 67.8 Å². The van der Waals surface area contributed by atoms with Gasteiger partial charge in [-0.25, -0.2) is 15.0 Å². The summed E-state index contributed by atoms with van der Waals surface area (Å²) in [6.07, 6.45) is 5.27. The summed E-state index contributed by atoms with van der Waals surface area (Å²) < 4.78 is 7.71. The van der Waals surface area contributed by atoms with Crippen molar-refractivity contribution in [2.24, 2.45) is 0 Å². The minimum Gasteiger partial charge on any atom is -0.429 e. The first-order valence-corrected chi connectivity index (χ1v) is 9.77. The molecular weight excluding hydrogens is 416 g/mol. The lowest BCUT2D eigenvalue weighted by atomic mass is 10.1. The third-order valence-electron chi connectivity index (χ3n) is 3.90. The Labute approximate surface area is 161 Å². The molecule has 4 rings (SSSR count). The zero-order valence-corrected chi connectivity index (χ0v) is 16.1. The SMILES string of the molecule is CSc1ncc2ccc(=O)n(Cc3ccc(-c4ncc(Br)o4)cc3)c2n1. The molecule has 0 unspecified atom stereocenters. The van der Waals surface area contributed by atoms with Crippen LogP contribution in [-0.4, -0.2) is 25.8 Å². The molecule has 8 heteroatoms. The van der Waals surface area contributed by atoms with E-state index in [4.69, 9.17) is 4.42 Å². The maximum absolute atomic E-state index is 12.4. The van der Waals surface area contributed by atoms with Gasteiger partial charge in [0.25, 0.3) is 5.56 Å². The average molecular weight is 429 g/mol. The smallest absolute Gasteiger partial charge is 0.252 e. The molecule has 0 aliphatic rings. The van der Waals surface area contributed by atoms with Gasteiger partial charge in [0, 0.05) is 23.2 Å². The molecular formula is C18H13BrN4O2S. The van der Waals surface area contributed by atoms with Crippen molar-refractivity contribution in [2.75, 3.05) is 6.26 Å². The second-order valence-electron chi connectivity index (χ2n) is 5.56. The van der Waals surface area contributed by atoms with Crippen molar-refractivity contribution >= 4 is 38.7 Å². The van der Waals surface area contributed by atoms with E-state index in [0.29, 0.717) is 27.9 Å². The highest BCUT2D eigenvalue weighted by molar-refractivity contribution is 9.10. The number of hydrogen-bond acceptors (Lipinski definition) is 6. The summed E-state index contributed by atoms with van der Waals surface area (Å²) in [6.45, 7) is 0.427. The highest BCUT2D eigenvalue weighted by Crippen LogP contribution is 2.22. The molecule has 3 heterocycles. The molecule has 0 fully saturated rings. The lowest BCUT2D eigenvalue weighted by Crippen LogP contribution is -2.21. The number of pyridine rings is 1. The van der Waals surface area contributed by atoms with Crippen molar-refractivity contribution in [2.45, 2.75) is 11.7 Å². The average Bonchev–Trinajstić information content (AvgIpc) is 3.10. The van der Waals surface area contributed by atoms with Crippen LogP contribution in [0.5, 0.6) is 0 Å². The van der Waals surface area contributed by atoms with Crippen LogP contribution in [0.4, 0.5) is 0 Å². The van der Waals surface area contributed by atoms with Gasteiger partial charge in [0.05, 0.1) is 12.7 Å². The van der Waals surface area contributed by atoms with Crippen molar-refractivity contribution in [1.29, 1.82) is 0 Å². The molecule has 0 spiro atoms. The molecule has 0 radical (unpaired) electrons. The van der Waals surface area contributed by atoms with Gasteiger partial charge in [0.15, 0.2) is 9.83 Å². The molecule has 0 atom stereocenters. The minimum atomic E-state index is -0.0936. The van der Waals surface area contributed by atoms with E-state index in [1.54, 1.807) is 29.1 Å². The van der Waals surface area contributed by atoms with Crippen molar-refractivity contribution in [3.63, 3.8) is 0 Å². The van der Waals surface area contributed by atoms with Gasteiger partial charge >= 0.3 is 0 Å². The van der Waals surface area contributed by atoms with E-state index in [0.717, 1.165) is 16.5 Å². The van der Waals surface area contributed by atoms with Crippen LogP contribution in [0.2, 0.25) is 0 Å². The van der Waals surface area contributed by atoms with E-state index in [2.05, 4.69) is 30.9 Å². The molecule has 6 nitrogen and oxygen atoms in total. The molecule has 4 aromatic rings. The zero-order valence-electron chi connectivity index (χ0n) is 13.7. The van der Waals surface area contributed by atoms with Gasteiger partial charge in [-0.2, -0.15) is 0 Å². The topological polar surface area (TPSA) is 73.8 Å². The quantitative estimate of drug-likeness (QED) is 0.361. The van der Waals surface area contributed by atoms with Crippen LogP contribution in [-0.2, 0) is 6.54 Å². The van der Waals surface area contributed by atoms with E-state index >= 15 is 0 Å². The van der Waals surface area contributed by atoms with Crippen LogP contribution in [0.25, 0.3) is 22.5 Å². The van der Waals surface area contributed by atoms with E-state index in [1.165, 1.54) is 11.8 Å². The highest BCUT2D eigenvalue weighted by atomic mass is 79.9. The Kier molecular flexibility index (Phi) is 4.60. The minimum absolute atomic E-state index is 0.0936. The summed E-state index contributed by atoms with van der Waals surface area (Å²) in [7, 11) is 0. The van der Waals surface area contributed by atoms with Gasteiger partial charge in [-0.05, 0) is 45.9 Å². The van der Waals surface area contributed by atoms with Crippen LogP contribution in [0.3, 0.4) is 0 Å². The fraction of sp³-hybridized carbons (Fsp3) is 0.111. The van der Waals surface area contributed by atoms with E-state index < -0.39 is 0 Å². The Morgan fingerprint density at radius 2 is 1.92 bits per heavy atom. The number of oxazole rings is 1. The summed E-state index contributed by atoms with van der Waals surface area (Å²) in [5.41, 5.74) is 2.40. The molecule has 0 saturated carbocycles. The largest absolute Gasteiger partial charge is 0.429 e. The third-order valence-corrected chi connectivity index (χ3v) is 4.83. The number of thioether (sulfide) groups is 1. The van der Waals surface area contributed by atoms with E-state index in [9.17, 15) is 4.79 Å². The Hall–Kier alpha value is -2.45. The predicted molar refractivity (Wildman–Crippen MR) is 104 cm³/mol. The summed E-state index contributed by atoms with van der Waals surface area (Å²) in [5.74, 6) is 0.545. The van der Waals surface area contributed by atoms with E-state index in [-0.39, 0.29) is 5.56 Å². The fourth-order valence-corrected chi connectivity index (χ4v) is 3.22. The molecule has 0 aliphatic carbocycles. The number of hydrogen-bond donors (Lipinski definition) is 0. The maximum atomic E-state index is 12.4. The first-order valence-electron chi connectivity index (χ1n) is 7.75. The van der Waals surface area contributed by atoms with Crippen LogP contribution < -0.4 is 5.56 Å². The summed E-state index contributed by atoms with van der Waals surface area (Å²) in [5, 5.41) is 1.48. The van der Waals surface area contributed by atoms with Gasteiger partial charge < -0.3 is 4.42 Å². The first-order chi connectivity index (χ1) is 12.6. The number of halogens is 1. The fourth-order valence-electron chi connectivity index (χ4n) is 2.63. The predicted octanol–water partition coefficient (Wildman–Crippen LogP) is 3.98. The van der Waals surface area contributed by atoms with Gasteiger partial charge in [-0.15, -0.1) is 0 Å². The number of benzene rings is 1. The molecule has 0 amide bonds. The molecule has 0 aliphatic heterocycles. The standard InChI is InChI=1S/C18H13BrN4O2S/c1-26-18-21-8-13-6-7-15(24)23(16(13)22-18)10-11-2-4-12(5-3-11)17-20-9-14(19)25-17/h2-9H,10H2,1H3. The first kappa shape index (κ1) is 17.0. The zero-order chi connectivity index (χ0) is 18.1. The lowest BCUT2D eigenvalue weighted by molar-refractivity contribution is 0.549. The van der Waals surface area contributed by atoms with Gasteiger partial charge in [-0.3, -0.25) is 9.36 Å². The molecule has 3 aromatic heterocycles. The Morgan fingerprint density at radius 3 is 2.62 bits per heavy atom. The number of rotatable bonds is 4. The van der Waals surface area contributed by atoms with Crippen LogP contribution in [0, 0.1) is 0 Å². The number of aromatic nitrogens is 4. The Bertz CT molecular complexity index is 1140. The molecule has 130 valence electrons. The van der Waals surface area contributed by atoms with Crippen LogP contribution >= 0.6 is 27.7 Å². The molecule has 0 bridgehead atoms. The normalized spacial score (nSPS) is 11.2. The van der Waals surface area contributed by atoms with Crippen molar-refractivity contribution in [3.8, 4) is 11.5 Å². The second-order valence-corrected chi connectivity index (χ2v) is 7.11. The lowest BCUT2D eigenvalue weighted by Gasteiger charge is -2.10. The molecule has 26 heavy (non-hydrogen) atoms. The van der Waals surface area contributed by atoms with Crippen LogP contribution in [0.1, 0.15) is 5.56 Å². The monoisotopic (exact) mass is 428 g/mol. The Morgan fingerprint density at radius 1 is 1.12 bits per heavy atom. The summed E-state index contributed by atoms with van der Waals surface area (Å²) in [6, 6.07) is 11.0. The summed E-state index contributed by atoms with van der Waals surface area (Å²) in [4.78, 5) is 25.3. The van der Waals surface area contributed by atoms with Gasteiger partial charge in [-0.1, -0.05) is 23.9 Å².